The van der Waals surface area contributed by atoms with Crippen LogP contribution in [0.25, 0.3) is 0 Å². The number of hydrogen-bond acceptors (Lipinski definition) is 5. The first-order chi connectivity index (χ1) is 30.6. The van der Waals surface area contributed by atoms with E-state index in [-0.39, 0.29) is 25.2 Å². The molecular formula is C57H102O5. The molecule has 0 aliphatic rings. The lowest BCUT2D eigenvalue weighted by Gasteiger charge is -2.18. The summed E-state index contributed by atoms with van der Waals surface area (Å²) in [4.78, 5) is 25.4. The molecule has 0 heterocycles. The molecule has 0 fully saturated rings. The average Bonchev–Trinajstić information content (AvgIpc) is 3.27. The molecule has 0 bridgehead atoms. The number of allylic oxidation sites excluding steroid dienone is 10. The van der Waals surface area contributed by atoms with Gasteiger partial charge in [0.2, 0.25) is 0 Å². The van der Waals surface area contributed by atoms with Gasteiger partial charge in [-0.1, -0.05) is 229 Å². The number of unbranched alkanes of at least 4 members (excludes halogenated alkanes) is 28. The van der Waals surface area contributed by atoms with Crippen molar-refractivity contribution in [3.05, 3.63) is 60.8 Å². The Hall–Kier alpha value is -2.40. The molecule has 0 radical (unpaired) electrons. The number of carbonyl (C=O) groups excluding carboxylic acids is 2. The number of carbonyl (C=O) groups is 2. The van der Waals surface area contributed by atoms with Crippen molar-refractivity contribution >= 4 is 11.9 Å². The zero-order valence-corrected chi connectivity index (χ0v) is 41.4. The summed E-state index contributed by atoms with van der Waals surface area (Å²) in [5.41, 5.74) is 0. The third-order valence-corrected chi connectivity index (χ3v) is 11.5. The first-order valence-corrected chi connectivity index (χ1v) is 26.8. The van der Waals surface area contributed by atoms with Crippen molar-refractivity contribution in [1.29, 1.82) is 0 Å². The van der Waals surface area contributed by atoms with Gasteiger partial charge in [-0.05, 0) is 83.5 Å². The standard InChI is InChI=1S/C57H102O5/c1-4-7-10-13-16-19-22-25-28-31-34-37-40-43-46-49-52-60-53-55(62-57(59)51-48-45-42-39-36-33-30-27-24-21-18-15-12-9-6-3)54-61-56(58)50-47-44-41-38-35-32-29-26-23-20-17-14-11-8-5-2/h8,11,17,20,25-26,28-29,35,38,55H,4-7,9-10,12-16,18-19,21-24,27,30-34,36-37,39-54H2,1-3H3/b11-8-,20-17-,28-25-,29-26-,38-35-. The largest absolute Gasteiger partial charge is 0.462 e. The minimum atomic E-state index is -0.554. The summed E-state index contributed by atoms with van der Waals surface area (Å²) in [6.07, 6.45) is 66.6. The molecule has 0 aliphatic heterocycles. The summed E-state index contributed by atoms with van der Waals surface area (Å²) in [6, 6.07) is 0. The van der Waals surface area contributed by atoms with Gasteiger partial charge in [-0.25, -0.2) is 0 Å². The normalized spacial score (nSPS) is 12.6. The summed E-state index contributed by atoms with van der Waals surface area (Å²) in [6.45, 7) is 7.68. The number of esters is 2. The summed E-state index contributed by atoms with van der Waals surface area (Å²) in [5.74, 6) is -0.438. The van der Waals surface area contributed by atoms with E-state index in [1.807, 2.05) is 0 Å². The van der Waals surface area contributed by atoms with Crippen molar-refractivity contribution < 1.29 is 23.8 Å². The van der Waals surface area contributed by atoms with Gasteiger partial charge >= 0.3 is 11.9 Å². The van der Waals surface area contributed by atoms with Crippen molar-refractivity contribution in [2.24, 2.45) is 0 Å². The van der Waals surface area contributed by atoms with Crippen LogP contribution >= 0.6 is 0 Å². The van der Waals surface area contributed by atoms with E-state index in [1.165, 1.54) is 161 Å². The summed E-state index contributed by atoms with van der Waals surface area (Å²) >= 11 is 0. The highest BCUT2D eigenvalue weighted by atomic mass is 16.6. The van der Waals surface area contributed by atoms with Gasteiger partial charge in [0, 0.05) is 19.4 Å². The second-order valence-corrected chi connectivity index (χ2v) is 17.8. The maximum absolute atomic E-state index is 12.8. The van der Waals surface area contributed by atoms with Crippen LogP contribution in [0.15, 0.2) is 60.8 Å². The third kappa shape index (κ3) is 50.2. The Balaban J connectivity index is 4.32. The molecule has 1 atom stereocenters. The van der Waals surface area contributed by atoms with Gasteiger partial charge in [-0.3, -0.25) is 9.59 Å². The van der Waals surface area contributed by atoms with E-state index in [0.717, 1.165) is 70.6 Å². The van der Waals surface area contributed by atoms with Gasteiger partial charge in [0.05, 0.1) is 6.61 Å². The Bertz CT molecular complexity index is 1070. The van der Waals surface area contributed by atoms with Crippen LogP contribution in [0.2, 0.25) is 0 Å². The Labute approximate surface area is 385 Å². The molecule has 0 N–H and O–H groups in total. The van der Waals surface area contributed by atoms with Crippen molar-refractivity contribution in [3.8, 4) is 0 Å². The number of rotatable bonds is 49. The minimum absolute atomic E-state index is 0.0632. The topological polar surface area (TPSA) is 61.8 Å². The van der Waals surface area contributed by atoms with Crippen molar-refractivity contribution in [2.75, 3.05) is 19.8 Å². The smallest absolute Gasteiger partial charge is 0.306 e. The first kappa shape index (κ1) is 59.6. The predicted molar refractivity (Wildman–Crippen MR) is 270 cm³/mol. The third-order valence-electron chi connectivity index (χ3n) is 11.5. The SMILES string of the molecule is CC/C=C\C/C=C\C/C=C\C/C=C\CCCCC(=O)OCC(COCCCCCCCC/C=C\CCCCCCCC)OC(=O)CCCCCCCCCCCCCCCCC. The molecule has 0 rings (SSSR count). The van der Waals surface area contributed by atoms with Crippen molar-refractivity contribution in [3.63, 3.8) is 0 Å². The monoisotopic (exact) mass is 867 g/mol. The molecular weight excluding hydrogens is 765 g/mol. The van der Waals surface area contributed by atoms with Gasteiger partial charge in [0.25, 0.3) is 0 Å². The Morgan fingerprint density at radius 1 is 0.371 bits per heavy atom. The highest BCUT2D eigenvalue weighted by molar-refractivity contribution is 5.70. The zero-order valence-electron chi connectivity index (χ0n) is 41.4. The fourth-order valence-electron chi connectivity index (χ4n) is 7.56. The van der Waals surface area contributed by atoms with E-state index in [9.17, 15) is 9.59 Å². The molecule has 0 saturated heterocycles. The molecule has 0 amide bonds. The molecule has 5 heteroatoms. The summed E-state index contributed by atoms with van der Waals surface area (Å²) in [5, 5.41) is 0. The van der Waals surface area contributed by atoms with E-state index in [1.54, 1.807) is 0 Å². The fraction of sp³-hybridized carbons (Fsp3) is 0.789. The minimum Gasteiger partial charge on any atom is -0.462 e. The van der Waals surface area contributed by atoms with Gasteiger partial charge < -0.3 is 14.2 Å². The molecule has 0 aromatic heterocycles. The van der Waals surface area contributed by atoms with E-state index in [4.69, 9.17) is 14.2 Å². The van der Waals surface area contributed by atoms with Crippen LogP contribution in [-0.4, -0.2) is 37.9 Å². The lowest BCUT2D eigenvalue weighted by Crippen LogP contribution is -2.30. The lowest BCUT2D eigenvalue weighted by molar-refractivity contribution is -0.163. The highest BCUT2D eigenvalue weighted by Crippen LogP contribution is 2.15. The number of ether oxygens (including phenoxy) is 3. The van der Waals surface area contributed by atoms with Crippen LogP contribution in [0.4, 0.5) is 0 Å². The molecule has 0 aromatic carbocycles. The highest BCUT2D eigenvalue weighted by Gasteiger charge is 2.17. The average molecular weight is 867 g/mol. The Morgan fingerprint density at radius 3 is 1.21 bits per heavy atom. The van der Waals surface area contributed by atoms with Crippen LogP contribution in [0.1, 0.15) is 265 Å². The van der Waals surface area contributed by atoms with E-state index < -0.39 is 6.10 Å². The summed E-state index contributed by atoms with van der Waals surface area (Å²) in [7, 11) is 0. The molecule has 360 valence electrons. The molecule has 1 unspecified atom stereocenters. The van der Waals surface area contributed by atoms with E-state index >= 15 is 0 Å². The zero-order chi connectivity index (χ0) is 44.9. The lowest BCUT2D eigenvalue weighted by atomic mass is 10.0. The van der Waals surface area contributed by atoms with Crippen molar-refractivity contribution in [1.82, 2.24) is 0 Å². The molecule has 0 aromatic rings. The molecule has 0 saturated carbocycles. The maximum atomic E-state index is 12.8. The fourth-order valence-corrected chi connectivity index (χ4v) is 7.56. The molecule has 0 spiro atoms. The van der Waals surface area contributed by atoms with Crippen LogP contribution in [0.3, 0.4) is 0 Å². The van der Waals surface area contributed by atoms with E-state index in [2.05, 4.69) is 81.5 Å². The van der Waals surface area contributed by atoms with Crippen LogP contribution < -0.4 is 0 Å². The Kier molecular flexibility index (Phi) is 50.9. The molecule has 62 heavy (non-hydrogen) atoms. The van der Waals surface area contributed by atoms with Crippen LogP contribution in [0, 0.1) is 0 Å². The second kappa shape index (κ2) is 52.9. The van der Waals surface area contributed by atoms with Gasteiger partial charge in [0.1, 0.15) is 6.61 Å². The maximum Gasteiger partial charge on any atom is 0.306 e. The van der Waals surface area contributed by atoms with Crippen LogP contribution in [-0.2, 0) is 23.8 Å². The molecule has 0 aliphatic carbocycles. The predicted octanol–water partition coefficient (Wildman–Crippen LogP) is 18.1. The Morgan fingerprint density at radius 2 is 0.726 bits per heavy atom. The number of hydrogen-bond donors (Lipinski definition) is 0. The van der Waals surface area contributed by atoms with Gasteiger partial charge in [-0.2, -0.15) is 0 Å². The quantitative estimate of drug-likeness (QED) is 0.0346. The van der Waals surface area contributed by atoms with Gasteiger partial charge in [-0.15, -0.1) is 0 Å². The van der Waals surface area contributed by atoms with Gasteiger partial charge in [0.15, 0.2) is 6.10 Å². The molecule has 5 nitrogen and oxygen atoms in total. The first-order valence-electron chi connectivity index (χ1n) is 26.8. The van der Waals surface area contributed by atoms with E-state index in [0.29, 0.717) is 19.4 Å². The second-order valence-electron chi connectivity index (χ2n) is 17.8. The van der Waals surface area contributed by atoms with Crippen LogP contribution in [0.5, 0.6) is 0 Å². The summed E-state index contributed by atoms with van der Waals surface area (Å²) < 4.78 is 17.4. The van der Waals surface area contributed by atoms with Crippen molar-refractivity contribution in [2.45, 2.75) is 271 Å².